The van der Waals surface area contributed by atoms with E-state index in [1.807, 2.05) is 6.92 Å². The van der Waals surface area contributed by atoms with Gasteiger partial charge in [0.05, 0.1) is 6.61 Å². The Morgan fingerprint density at radius 2 is 1.85 bits per heavy atom. The van der Waals surface area contributed by atoms with Crippen LogP contribution in [0.25, 0.3) is 0 Å². The summed E-state index contributed by atoms with van der Waals surface area (Å²) in [6.07, 6.45) is 0. The van der Waals surface area contributed by atoms with Crippen LogP contribution in [0.15, 0.2) is 24.3 Å². The lowest BCUT2D eigenvalue weighted by atomic mass is 10.3. The highest BCUT2D eigenvalue weighted by molar-refractivity contribution is 5.29. The van der Waals surface area contributed by atoms with Crippen molar-refractivity contribution in [1.82, 2.24) is 0 Å². The maximum absolute atomic E-state index is 10.7. The highest BCUT2D eigenvalue weighted by Crippen LogP contribution is 2.16. The molecule has 0 unspecified atom stereocenters. The highest BCUT2D eigenvalue weighted by Gasteiger charge is 1.94. The summed E-state index contributed by atoms with van der Waals surface area (Å²) in [4.78, 5) is 0. The van der Waals surface area contributed by atoms with E-state index in [4.69, 9.17) is 9.47 Å². The predicted molar refractivity (Wildman–Crippen MR) is 48.6 cm³/mol. The molecule has 0 heterocycles. The van der Waals surface area contributed by atoms with Gasteiger partial charge >= 0.3 is 0 Å². The average Bonchev–Trinajstić information content (AvgIpc) is 2.15. The van der Waals surface area contributed by atoms with Crippen LogP contribution in [0.5, 0.6) is 11.5 Å². The average molecular weight is 181 g/mol. The zero-order valence-corrected chi connectivity index (χ0v) is 7.66. The normalized spacial score (nSPS) is 9.92. The van der Waals surface area contributed by atoms with Gasteiger partial charge in [-0.2, -0.15) is 0 Å². The molecule has 1 rings (SSSR count). The Morgan fingerprint density at radius 1 is 1.15 bits per heavy atom. The van der Waals surface area contributed by atoms with Crippen molar-refractivity contribution in [2.45, 2.75) is 6.92 Å². The summed E-state index contributed by atoms with van der Waals surface area (Å²) in [5.41, 5.74) is 0. The molecule has 0 spiro atoms. The molecule has 71 valence electrons. The molecule has 0 fully saturated rings. The topological polar surface area (TPSA) is 38.4 Å². The first-order chi connectivity index (χ1) is 6.33. The van der Waals surface area contributed by atoms with Crippen LogP contribution in [0, 0.1) is 0 Å². The van der Waals surface area contributed by atoms with Crippen molar-refractivity contribution in [1.29, 1.82) is 0 Å². The van der Waals surface area contributed by atoms with E-state index in [2.05, 4.69) is 0 Å². The molecule has 0 N–H and O–H groups in total. The van der Waals surface area contributed by atoms with Crippen LogP contribution in [0.1, 0.15) is 6.92 Å². The molecule has 0 saturated heterocycles. The van der Waals surface area contributed by atoms with Crippen molar-refractivity contribution >= 4 is 0 Å². The Labute approximate surface area is 77.9 Å². The van der Waals surface area contributed by atoms with Crippen LogP contribution in [-0.2, 0) is 9.84 Å². The summed E-state index contributed by atoms with van der Waals surface area (Å²) in [6, 6.07) is 6.29. The first kappa shape index (κ1) is 9.86. The zero-order chi connectivity index (χ0) is 9.52. The van der Waals surface area contributed by atoms with Gasteiger partial charge in [0, 0.05) is 6.61 Å². The van der Waals surface area contributed by atoms with Gasteiger partial charge in [0.1, 0.15) is 12.4 Å². The number of rotatable bonds is 5. The Kier molecular flexibility index (Phi) is 4.12. The SMILES string of the molecule is CCOCCOc1ccc([O])cc1. The van der Waals surface area contributed by atoms with Gasteiger partial charge < -0.3 is 9.47 Å². The molecule has 1 aromatic carbocycles. The first-order valence-electron chi connectivity index (χ1n) is 4.30. The van der Waals surface area contributed by atoms with E-state index in [-0.39, 0.29) is 5.75 Å². The summed E-state index contributed by atoms with van der Waals surface area (Å²) in [6.45, 7) is 3.73. The van der Waals surface area contributed by atoms with Crippen molar-refractivity contribution in [3.63, 3.8) is 0 Å². The second-order valence-corrected chi connectivity index (χ2v) is 2.52. The minimum Gasteiger partial charge on any atom is -0.491 e. The third kappa shape index (κ3) is 3.80. The number of hydrogen-bond donors (Lipinski definition) is 0. The smallest absolute Gasteiger partial charge is 0.178 e. The fourth-order valence-electron chi connectivity index (χ4n) is 0.899. The summed E-state index contributed by atoms with van der Waals surface area (Å²) in [7, 11) is 0. The van der Waals surface area contributed by atoms with E-state index >= 15 is 0 Å². The van der Waals surface area contributed by atoms with E-state index in [9.17, 15) is 5.11 Å². The van der Waals surface area contributed by atoms with Gasteiger partial charge in [-0.15, -0.1) is 0 Å². The molecule has 3 heteroatoms. The third-order valence-corrected chi connectivity index (χ3v) is 1.52. The molecule has 13 heavy (non-hydrogen) atoms. The number of hydrogen-bond acceptors (Lipinski definition) is 2. The lowest BCUT2D eigenvalue weighted by molar-refractivity contribution is 0.110. The van der Waals surface area contributed by atoms with Gasteiger partial charge in [0.15, 0.2) is 5.75 Å². The molecule has 3 nitrogen and oxygen atoms in total. The summed E-state index contributed by atoms with van der Waals surface area (Å²) >= 11 is 0. The van der Waals surface area contributed by atoms with Crippen molar-refractivity contribution in [2.24, 2.45) is 0 Å². The Hall–Kier alpha value is -1.22. The van der Waals surface area contributed by atoms with E-state index < -0.39 is 0 Å². The maximum atomic E-state index is 10.7. The van der Waals surface area contributed by atoms with Crippen molar-refractivity contribution in [3.05, 3.63) is 24.3 Å². The van der Waals surface area contributed by atoms with E-state index in [1.54, 1.807) is 12.1 Å². The second kappa shape index (κ2) is 5.43. The molecule has 0 bridgehead atoms. The second-order valence-electron chi connectivity index (χ2n) is 2.52. The third-order valence-electron chi connectivity index (χ3n) is 1.52. The summed E-state index contributed by atoms with van der Waals surface area (Å²) in [5, 5.41) is 10.7. The van der Waals surface area contributed by atoms with Crippen molar-refractivity contribution < 1.29 is 14.6 Å². The fraction of sp³-hybridized carbons (Fsp3) is 0.400. The molecule has 1 aromatic rings. The van der Waals surface area contributed by atoms with E-state index in [0.29, 0.717) is 25.6 Å². The predicted octanol–water partition coefficient (Wildman–Crippen LogP) is 2.25. The zero-order valence-electron chi connectivity index (χ0n) is 7.66. The lowest BCUT2D eigenvalue weighted by Gasteiger charge is -2.05. The molecule has 0 amide bonds. The van der Waals surface area contributed by atoms with Gasteiger partial charge in [0.25, 0.3) is 0 Å². The van der Waals surface area contributed by atoms with Crippen LogP contribution in [0.3, 0.4) is 0 Å². The highest BCUT2D eigenvalue weighted by atomic mass is 16.5. The first-order valence-corrected chi connectivity index (χ1v) is 4.30. The van der Waals surface area contributed by atoms with E-state index in [1.165, 1.54) is 12.1 Å². The van der Waals surface area contributed by atoms with Gasteiger partial charge in [-0.3, -0.25) is 5.11 Å². The van der Waals surface area contributed by atoms with Crippen molar-refractivity contribution in [3.8, 4) is 11.5 Å². The Balaban J connectivity index is 2.25. The standard InChI is InChI=1S/C10H13O3/c1-2-12-7-8-13-10-5-3-9(11)4-6-10/h3-6H,2,7-8H2,1H3. The van der Waals surface area contributed by atoms with Crippen LogP contribution in [0.4, 0.5) is 0 Å². The molecular formula is C10H13O3. The quantitative estimate of drug-likeness (QED) is 0.653. The maximum Gasteiger partial charge on any atom is 0.178 e. The minimum atomic E-state index is -0.00263. The molecule has 0 aliphatic carbocycles. The van der Waals surface area contributed by atoms with Gasteiger partial charge in [-0.25, -0.2) is 0 Å². The van der Waals surface area contributed by atoms with Gasteiger partial charge in [0.2, 0.25) is 0 Å². The number of benzene rings is 1. The molecule has 0 aliphatic heterocycles. The summed E-state index contributed by atoms with van der Waals surface area (Å²) < 4.78 is 10.4. The molecule has 0 atom stereocenters. The van der Waals surface area contributed by atoms with Crippen LogP contribution in [-0.4, -0.2) is 19.8 Å². The molecule has 0 aliphatic rings. The lowest BCUT2D eigenvalue weighted by Crippen LogP contribution is -2.05. The fourth-order valence-corrected chi connectivity index (χ4v) is 0.899. The number of ether oxygens (including phenoxy) is 2. The molecular weight excluding hydrogens is 168 g/mol. The van der Waals surface area contributed by atoms with Crippen LogP contribution >= 0.6 is 0 Å². The summed E-state index contributed by atoms with van der Waals surface area (Å²) in [5.74, 6) is 0.705. The van der Waals surface area contributed by atoms with Crippen LogP contribution < -0.4 is 4.74 Å². The monoisotopic (exact) mass is 181 g/mol. The Morgan fingerprint density at radius 3 is 2.46 bits per heavy atom. The van der Waals surface area contributed by atoms with Crippen LogP contribution in [0.2, 0.25) is 0 Å². The molecule has 0 saturated carbocycles. The van der Waals surface area contributed by atoms with Gasteiger partial charge in [-0.1, -0.05) is 0 Å². The largest absolute Gasteiger partial charge is 0.491 e. The van der Waals surface area contributed by atoms with Gasteiger partial charge in [-0.05, 0) is 31.2 Å². The van der Waals surface area contributed by atoms with E-state index in [0.717, 1.165) is 0 Å². The Bertz CT molecular complexity index is 230. The molecule has 1 radical (unpaired) electrons. The molecule has 0 aromatic heterocycles. The minimum absolute atomic E-state index is 0.00263. The van der Waals surface area contributed by atoms with Crippen molar-refractivity contribution in [2.75, 3.05) is 19.8 Å².